The third-order valence-electron chi connectivity index (χ3n) is 12.7. The summed E-state index contributed by atoms with van der Waals surface area (Å²) in [7, 11) is 1.56. The molecule has 8 N–H and O–H groups in total. The van der Waals surface area contributed by atoms with Crippen LogP contribution >= 0.6 is 0 Å². The minimum Gasteiger partial charge on any atom is -0.497 e. The second-order valence-electron chi connectivity index (χ2n) is 19.9. The molecule has 1 heterocycles. The first-order valence-electron chi connectivity index (χ1n) is 26.9. The average Bonchev–Trinajstić information content (AvgIpc) is 4.22. The van der Waals surface area contributed by atoms with E-state index in [4.69, 9.17) is 44.6 Å². The summed E-state index contributed by atoms with van der Waals surface area (Å²) in [6.07, 6.45) is 5.09. The number of nitrogens with one attached hydrogen (secondary N) is 3. The van der Waals surface area contributed by atoms with Crippen molar-refractivity contribution in [1.29, 1.82) is 0 Å². The minimum absolute atomic E-state index is 0.0397. The van der Waals surface area contributed by atoms with Crippen LogP contribution in [0.1, 0.15) is 74.3 Å². The van der Waals surface area contributed by atoms with Crippen LogP contribution in [0.4, 0.5) is 4.39 Å². The van der Waals surface area contributed by atoms with Crippen molar-refractivity contribution in [3.05, 3.63) is 95.1 Å². The first-order chi connectivity index (χ1) is 37.7. The molecule has 1 aliphatic rings. The largest absolute Gasteiger partial charge is 0.497 e. The molecule has 0 saturated heterocycles. The molecule has 0 unspecified atom stereocenters. The highest BCUT2D eigenvalue weighted by Crippen LogP contribution is 2.45. The van der Waals surface area contributed by atoms with E-state index in [-0.39, 0.29) is 80.6 Å². The number of carboxylic acids is 1. The molecule has 1 saturated carbocycles. The third-order valence-corrected chi connectivity index (χ3v) is 12.7. The molecule has 1 atom stereocenters. The number of nitrogens with two attached hydrogens (primary N) is 2. The lowest BCUT2D eigenvalue weighted by atomic mass is 9.82. The molecule has 5 rings (SSSR count). The lowest BCUT2D eigenvalue weighted by Gasteiger charge is -2.26. The molecular weight excluding hydrogens is 1010 g/mol. The highest BCUT2D eigenvalue weighted by Gasteiger charge is 2.34. The molecule has 21 nitrogen and oxygen atoms in total. The fourth-order valence-corrected chi connectivity index (χ4v) is 8.70. The fraction of sp³-hybridized carbons (Fsp3) is 0.571. The number of ether oxygens (including phenoxy) is 7. The standard InChI is InChI=1S/C56H82FN9O12/c1-56(2,35-44-31-41(7-11-48(44)50-33-46(72-3)10-12-51(50)57)37-78-47-6-4-5-43(32-47)49(34-55(70)71)42-8-9-42)40-66-36-45(63-64-66)38-76-29-27-74-25-23-73-24-26-75-28-30-77-39-54(69)62-19-22-65(20-13-52(67)60-17-15-58)21-14-53(68)61-18-16-59/h4-7,10-12,31-33,36,42,49H,8-9,13-30,34-35,37-40,58-59H2,1-3H3,(H,60,67)(H,61,68)(H,62,69)(H,70,71)/t49-/m0/s1. The second-order valence-corrected chi connectivity index (χ2v) is 19.9. The molecule has 0 bridgehead atoms. The number of aliphatic carboxylic acids is 1. The van der Waals surface area contributed by atoms with Crippen molar-refractivity contribution in [1.82, 2.24) is 35.8 Å². The smallest absolute Gasteiger partial charge is 0.303 e. The van der Waals surface area contributed by atoms with E-state index in [1.165, 1.54) is 6.07 Å². The Labute approximate surface area is 457 Å². The number of aromatic nitrogens is 3. The fourth-order valence-electron chi connectivity index (χ4n) is 8.70. The SMILES string of the molecule is COc1ccc(F)c(-c2ccc(COc3cccc([C@@H](CC(=O)O)C4CC4)c3)cc2CC(C)(C)Cn2cc(COCCOCCOCCOCCOCC(=O)NCCN(CCC(=O)NCCN)CCC(=O)NCCN)nn2)c1. The zero-order valence-electron chi connectivity index (χ0n) is 45.6. The Morgan fingerprint density at radius 3 is 2.03 bits per heavy atom. The van der Waals surface area contributed by atoms with Gasteiger partial charge in [0.25, 0.3) is 0 Å². The number of hydrogen-bond donors (Lipinski definition) is 6. The van der Waals surface area contributed by atoms with Gasteiger partial charge >= 0.3 is 5.97 Å². The molecule has 22 heteroatoms. The highest BCUT2D eigenvalue weighted by atomic mass is 19.1. The van der Waals surface area contributed by atoms with Crippen LogP contribution in [-0.2, 0) is 69.0 Å². The van der Waals surface area contributed by atoms with Crippen molar-refractivity contribution in [2.24, 2.45) is 22.8 Å². The Hall–Kier alpha value is -6.11. The van der Waals surface area contributed by atoms with Crippen molar-refractivity contribution >= 4 is 23.7 Å². The van der Waals surface area contributed by atoms with Gasteiger partial charge < -0.3 is 70.6 Å². The number of methoxy groups -OCH3 is 1. The Morgan fingerprint density at radius 2 is 1.40 bits per heavy atom. The van der Waals surface area contributed by atoms with Gasteiger partial charge in [-0.3, -0.25) is 23.9 Å². The Kier molecular flexibility index (Phi) is 27.9. The van der Waals surface area contributed by atoms with Gasteiger partial charge in [-0.1, -0.05) is 49.4 Å². The zero-order chi connectivity index (χ0) is 56.0. The molecule has 4 aromatic rings. The number of amides is 3. The summed E-state index contributed by atoms with van der Waals surface area (Å²) in [5.74, 6) is -0.149. The molecule has 430 valence electrons. The van der Waals surface area contributed by atoms with E-state index in [0.717, 1.165) is 35.1 Å². The number of carboxylic acid groups (broad SMARTS) is 1. The maximum absolute atomic E-state index is 15.5. The number of halogens is 1. The predicted octanol–water partition coefficient (Wildman–Crippen LogP) is 3.84. The van der Waals surface area contributed by atoms with Crippen LogP contribution in [0.15, 0.2) is 66.9 Å². The number of hydrogen-bond acceptors (Lipinski definition) is 16. The first kappa shape index (κ1) is 62.7. The minimum atomic E-state index is -0.804. The summed E-state index contributed by atoms with van der Waals surface area (Å²) in [4.78, 5) is 50.0. The number of rotatable bonds is 42. The summed E-state index contributed by atoms with van der Waals surface area (Å²) in [6.45, 7) is 11.0. The van der Waals surface area contributed by atoms with Crippen LogP contribution in [0, 0.1) is 17.2 Å². The molecule has 0 radical (unpaired) electrons. The Balaban J connectivity index is 0.944. The average molecular weight is 1090 g/mol. The van der Waals surface area contributed by atoms with Gasteiger partial charge in [-0.05, 0) is 89.1 Å². The van der Waals surface area contributed by atoms with E-state index in [9.17, 15) is 24.3 Å². The van der Waals surface area contributed by atoms with Crippen LogP contribution in [0.25, 0.3) is 11.1 Å². The van der Waals surface area contributed by atoms with E-state index in [0.29, 0.717) is 140 Å². The monoisotopic (exact) mass is 1090 g/mol. The van der Waals surface area contributed by atoms with Crippen molar-refractivity contribution in [3.63, 3.8) is 0 Å². The topological polar surface area (TPSA) is 275 Å². The summed E-state index contributed by atoms with van der Waals surface area (Å²) in [6, 6.07) is 18.4. The first-order valence-corrected chi connectivity index (χ1v) is 26.9. The van der Waals surface area contributed by atoms with E-state index < -0.39 is 5.97 Å². The van der Waals surface area contributed by atoms with Crippen molar-refractivity contribution < 1.29 is 61.8 Å². The summed E-state index contributed by atoms with van der Waals surface area (Å²) >= 11 is 0. The van der Waals surface area contributed by atoms with Crippen LogP contribution in [-0.4, -0.2) is 168 Å². The lowest BCUT2D eigenvalue weighted by molar-refractivity contribution is -0.137. The number of nitrogens with zero attached hydrogens (tertiary/aromatic N) is 4. The van der Waals surface area contributed by atoms with Crippen molar-refractivity contribution in [2.75, 3.05) is 119 Å². The number of carbonyl (C=O) groups is 4. The third kappa shape index (κ3) is 24.3. The quantitative estimate of drug-likeness (QED) is 0.0344. The molecule has 3 aromatic carbocycles. The van der Waals surface area contributed by atoms with Crippen LogP contribution < -0.4 is 36.9 Å². The maximum Gasteiger partial charge on any atom is 0.303 e. The molecule has 78 heavy (non-hydrogen) atoms. The van der Waals surface area contributed by atoms with Crippen molar-refractivity contribution in [2.45, 2.75) is 78.0 Å². The van der Waals surface area contributed by atoms with Gasteiger partial charge in [0.1, 0.15) is 36.2 Å². The highest BCUT2D eigenvalue weighted by molar-refractivity contribution is 5.77. The van der Waals surface area contributed by atoms with Gasteiger partial charge in [-0.25, -0.2) is 4.39 Å². The molecule has 3 amide bonds. The predicted molar refractivity (Wildman–Crippen MR) is 290 cm³/mol. The second kappa shape index (κ2) is 34.7. The van der Waals surface area contributed by atoms with E-state index in [1.807, 2.05) is 47.5 Å². The van der Waals surface area contributed by atoms with Crippen LogP contribution in [0.3, 0.4) is 0 Å². The summed E-state index contributed by atoms with van der Waals surface area (Å²) in [5.41, 5.74) is 15.2. The molecular formula is C56H82FN9O12. The summed E-state index contributed by atoms with van der Waals surface area (Å²) < 4.78 is 57.0. The van der Waals surface area contributed by atoms with Crippen LogP contribution in [0.2, 0.25) is 0 Å². The van der Waals surface area contributed by atoms with Crippen molar-refractivity contribution in [3.8, 4) is 22.6 Å². The summed E-state index contributed by atoms with van der Waals surface area (Å²) in [5, 5.41) is 26.5. The Bertz CT molecular complexity index is 2420. The lowest BCUT2D eigenvalue weighted by Crippen LogP contribution is -2.40. The molecule has 0 spiro atoms. The molecule has 1 fully saturated rings. The maximum atomic E-state index is 15.5. The van der Waals surface area contributed by atoms with E-state index in [2.05, 4.69) is 46.2 Å². The van der Waals surface area contributed by atoms with Crippen LogP contribution in [0.5, 0.6) is 11.5 Å². The Morgan fingerprint density at radius 1 is 0.756 bits per heavy atom. The normalized spacial score (nSPS) is 12.9. The van der Waals surface area contributed by atoms with Gasteiger partial charge in [0, 0.05) is 77.3 Å². The van der Waals surface area contributed by atoms with Gasteiger partial charge in [-0.2, -0.15) is 0 Å². The zero-order valence-corrected chi connectivity index (χ0v) is 45.6. The molecule has 1 aliphatic carbocycles. The number of carbonyl (C=O) groups excluding carboxylic acids is 3. The molecule has 1 aromatic heterocycles. The van der Waals surface area contributed by atoms with E-state index >= 15 is 4.39 Å². The number of benzene rings is 3. The van der Waals surface area contributed by atoms with E-state index in [1.54, 1.807) is 23.9 Å². The van der Waals surface area contributed by atoms with Gasteiger partial charge in [0.15, 0.2) is 0 Å². The molecule has 0 aliphatic heterocycles. The van der Waals surface area contributed by atoms with Gasteiger partial charge in [0.05, 0.1) is 79.2 Å². The van der Waals surface area contributed by atoms with Gasteiger partial charge in [0.2, 0.25) is 17.7 Å². The van der Waals surface area contributed by atoms with Gasteiger partial charge in [-0.15, -0.1) is 5.10 Å².